The Morgan fingerprint density at radius 3 is 2.92 bits per heavy atom. The van der Waals surface area contributed by atoms with Gasteiger partial charge in [0.25, 0.3) is 0 Å². The lowest BCUT2D eigenvalue weighted by Gasteiger charge is -2.63. The Labute approximate surface area is 149 Å². The number of allylic oxidation sites excluding steroid dienone is 1. The van der Waals surface area contributed by atoms with Crippen LogP contribution in [0.2, 0.25) is 0 Å². The third-order valence-corrected chi connectivity index (χ3v) is 7.52. The molecular formula is C21H26N2O2. The van der Waals surface area contributed by atoms with Crippen LogP contribution < -0.4 is 4.90 Å². The lowest BCUT2D eigenvalue weighted by molar-refractivity contribution is -0.158. The topological polar surface area (TPSA) is 32.8 Å². The highest BCUT2D eigenvalue weighted by molar-refractivity contribution is 5.80. The summed E-state index contributed by atoms with van der Waals surface area (Å²) in [6, 6.07) is 9.63. The summed E-state index contributed by atoms with van der Waals surface area (Å²) in [4.78, 5) is 18.2. The summed E-state index contributed by atoms with van der Waals surface area (Å²) >= 11 is 0. The van der Waals surface area contributed by atoms with Crippen molar-refractivity contribution in [1.82, 2.24) is 4.90 Å². The van der Waals surface area contributed by atoms with Crippen LogP contribution in [0, 0.1) is 11.8 Å². The molecule has 0 radical (unpaired) electrons. The fraction of sp³-hybridized carbons (Fsp3) is 0.571. The first-order valence-corrected chi connectivity index (χ1v) is 9.42. The Bertz CT molecular complexity index is 773. The second kappa shape index (κ2) is 5.10. The normalized spacial score (nSPS) is 40.1. The van der Waals surface area contributed by atoms with Crippen LogP contribution in [0.25, 0.3) is 0 Å². The van der Waals surface area contributed by atoms with Crippen LogP contribution in [0.5, 0.6) is 0 Å². The number of likely N-dealkylation sites (N-methyl/N-ethyl adjacent to an activating group) is 1. The third-order valence-electron chi connectivity index (χ3n) is 7.52. The molecule has 132 valence electrons. The van der Waals surface area contributed by atoms with Gasteiger partial charge >= 0.3 is 5.97 Å². The van der Waals surface area contributed by atoms with Gasteiger partial charge in [0.05, 0.1) is 19.1 Å². The first-order valence-electron chi connectivity index (χ1n) is 9.42. The summed E-state index contributed by atoms with van der Waals surface area (Å²) in [5, 5.41) is 0. The highest BCUT2D eigenvalue weighted by atomic mass is 16.5. The van der Waals surface area contributed by atoms with E-state index in [0.717, 1.165) is 25.9 Å². The predicted octanol–water partition coefficient (Wildman–Crippen LogP) is 2.59. The van der Waals surface area contributed by atoms with Crippen LogP contribution in [-0.4, -0.2) is 50.2 Å². The molecule has 4 nitrogen and oxygen atoms in total. The second-order valence-electron chi connectivity index (χ2n) is 8.11. The fourth-order valence-electron chi connectivity index (χ4n) is 6.67. The van der Waals surface area contributed by atoms with Crippen molar-refractivity contribution in [3.8, 4) is 0 Å². The molecule has 0 aromatic heterocycles. The maximum atomic E-state index is 13.1. The summed E-state index contributed by atoms with van der Waals surface area (Å²) in [5.41, 5.74) is 3.98. The first kappa shape index (κ1) is 15.4. The number of fused-ring (bicyclic) bond motifs is 2. The van der Waals surface area contributed by atoms with E-state index < -0.39 is 0 Å². The maximum Gasteiger partial charge on any atom is 0.310 e. The van der Waals surface area contributed by atoms with Gasteiger partial charge in [-0.05, 0) is 43.9 Å². The number of carbonyl (C=O) groups is 1. The molecule has 3 fully saturated rings. The highest BCUT2D eigenvalue weighted by Crippen LogP contribution is 2.63. The number of para-hydroxylation sites is 1. The number of hydrogen-bond donors (Lipinski definition) is 0. The summed E-state index contributed by atoms with van der Waals surface area (Å²) in [7, 11) is 3.77. The van der Waals surface area contributed by atoms with Gasteiger partial charge in [-0.2, -0.15) is 0 Å². The molecule has 3 heterocycles. The zero-order valence-corrected chi connectivity index (χ0v) is 15.2. The number of nitrogens with zero attached hydrogens (tertiary/aromatic N) is 2. The van der Waals surface area contributed by atoms with Crippen LogP contribution in [0.1, 0.15) is 25.3 Å². The van der Waals surface area contributed by atoms with Gasteiger partial charge in [-0.3, -0.25) is 9.69 Å². The summed E-state index contributed by atoms with van der Waals surface area (Å²) < 4.78 is 5.38. The lowest BCUT2D eigenvalue weighted by atomic mass is 9.50. The molecule has 3 aliphatic heterocycles. The van der Waals surface area contributed by atoms with E-state index in [0.29, 0.717) is 18.0 Å². The van der Waals surface area contributed by atoms with Gasteiger partial charge in [0.2, 0.25) is 0 Å². The molecule has 1 unspecified atom stereocenters. The van der Waals surface area contributed by atoms with Crippen LogP contribution in [0.4, 0.5) is 5.69 Å². The van der Waals surface area contributed by atoms with Gasteiger partial charge < -0.3 is 9.64 Å². The number of anilines is 1. The molecule has 25 heavy (non-hydrogen) atoms. The van der Waals surface area contributed by atoms with Crippen molar-refractivity contribution >= 4 is 11.7 Å². The molecule has 1 aromatic carbocycles. The van der Waals surface area contributed by atoms with Gasteiger partial charge in [0.1, 0.15) is 0 Å². The first-order chi connectivity index (χ1) is 12.1. The van der Waals surface area contributed by atoms with E-state index in [4.69, 9.17) is 4.74 Å². The standard InChI is InChI=1S/C21H26N2O2/c1-4-13-12-23-10-9-21-15-7-5-6-8-16(15)22(2)19(21)17(23)11-14(13)18(21)20(24)25-3/h4-8,14,17-19H,9-12H2,1-3H3/b13-4-/t14-,17-,18?,19-,21-/m0/s1. The highest BCUT2D eigenvalue weighted by Gasteiger charge is 2.68. The zero-order valence-electron chi connectivity index (χ0n) is 15.2. The van der Waals surface area contributed by atoms with E-state index in [2.05, 4.69) is 54.1 Å². The molecule has 3 bridgehead atoms. The minimum Gasteiger partial charge on any atom is -0.469 e. The van der Waals surface area contributed by atoms with E-state index in [1.807, 2.05) is 0 Å². The molecule has 2 saturated heterocycles. The number of methoxy groups -OCH3 is 1. The average molecular weight is 338 g/mol. The van der Waals surface area contributed by atoms with E-state index in [9.17, 15) is 4.79 Å². The predicted molar refractivity (Wildman–Crippen MR) is 97.7 cm³/mol. The molecule has 0 amide bonds. The van der Waals surface area contributed by atoms with Crippen LogP contribution >= 0.6 is 0 Å². The molecule has 4 aliphatic rings. The Hall–Kier alpha value is -1.81. The second-order valence-corrected chi connectivity index (χ2v) is 8.11. The monoisotopic (exact) mass is 338 g/mol. The maximum absolute atomic E-state index is 13.1. The molecule has 0 spiro atoms. The number of ether oxygens (including phenoxy) is 1. The zero-order chi connectivity index (χ0) is 17.3. The quantitative estimate of drug-likeness (QED) is 0.582. The van der Waals surface area contributed by atoms with Crippen molar-refractivity contribution in [2.45, 2.75) is 37.3 Å². The minimum absolute atomic E-state index is 0.0201. The molecule has 0 N–H and O–H groups in total. The van der Waals surface area contributed by atoms with Gasteiger partial charge in [-0.15, -0.1) is 0 Å². The minimum atomic E-state index is -0.114. The Morgan fingerprint density at radius 2 is 2.16 bits per heavy atom. The number of piperidine rings is 2. The number of benzene rings is 1. The fourth-order valence-corrected chi connectivity index (χ4v) is 6.67. The summed E-state index contributed by atoms with van der Waals surface area (Å²) in [6.07, 6.45) is 4.36. The van der Waals surface area contributed by atoms with Crippen molar-refractivity contribution in [2.24, 2.45) is 11.8 Å². The van der Waals surface area contributed by atoms with Crippen LogP contribution in [0.3, 0.4) is 0 Å². The van der Waals surface area contributed by atoms with Crippen molar-refractivity contribution in [1.29, 1.82) is 0 Å². The van der Waals surface area contributed by atoms with Crippen molar-refractivity contribution < 1.29 is 9.53 Å². The Balaban J connectivity index is 1.78. The number of rotatable bonds is 1. The third kappa shape index (κ3) is 1.69. The van der Waals surface area contributed by atoms with Gasteiger partial charge in [0, 0.05) is 30.7 Å². The van der Waals surface area contributed by atoms with Gasteiger partial charge in [-0.1, -0.05) is 29.8 Å². The van der Waals surface area contributed by atoms with Crippen molar-refractivity contribution in [2.75, 3.05) is 32.1 Å². The van der Waals surface area contributed by atoms with Gasteiger partial charge in [-0.25, -0.2) is 0 Å². The summed E-state index contributed by atoms with van der Waals surface area (Å²) in [6.45, 7) is 4.20. The van der Waals surface area contributed by atoms with Crippen LogP contribution in [0.15, 0.2) is 35.9 Å². The Morgan fingerprint density at radius 1 is 1.36 bits per heavy atom. The largest absolute Gasteiger partial charge is 0.469 e. The molecule has 1 aromatic rings. The van der Waals surface area contributed by atoms with Crippen molar-refractivity contribution in [3.63, 3.8) is 0 Å². The number of hydrogen-bond acceptors (Lipinski definition) is 4. The lowest BCUT2D eigenvalue weighted by Crippen LogP contribution is -2.72. The molecular weight excluding hydrogens is 312 g/mol. The Kier molecular flexibility index (Phi) is 3.15. The molecule has 1 aliphatic carbocycles. The van der Waals surface area contributed by atoms with E-state index in [1.54, 1.807) is 7.11 Å². The van der Waals surface area contributed by atoms with Crippen molar-refractivity contribution in [3.05, 3.63) is 41.5 Å². The average Bonchev–Trinajstić information content (AvgIpc) is 2.91. The van der Waals surface area contributed by atoms with E-state index >= 15 is 0 Å². The molecule has 4 heteroatoms. The van der Waals surface area contributed by atoms with Crippen LogP contribution in [-0.2, 0) is 14.9 Å². The smallest absolute Gasteiger partial charge is 0.310 e. The SMILES string of the molecule is C/C=C1/CN2CC[C@@]34c5ccccc5N(C)[C@H]3[C@@H]2C[C@@H]1C4C(=O)OC. The van der Waals surface area contributed by atoms with E-state index in [-0.39, 0.29) is 17.3 Å². The molecule has 5 atom stereocenters. The van der Waals surface area contributed by atoms with Gasteiger partial charge in [0.15, 0.2) is 0 Å². The van der Waals surface area contributed by atoms with E-state index in [1.165, 1.54) is 16.8 Å². The summed E-state index contributed by atoms with van der Waals surface area (Å²) in [5.74, 6) is 0.224. The molecule has 1 saturated carbocycles. The molecule has 5 rings (SSSR count). The number of esters is 1. The number of carbonyl (C=O) groups excluding carboxylic acids is 1.